The van der Waals surface area contributed by atoms with Gasteiger partial charge in [0.25, 0.3) is 0 Å². The summed E-state index contributed by atoms with van der Waals surface area (Å²) in [6.45, 7) is 12.5. The zero-order chi connectivity index (χ0) is 25.7. The van der Waals surface area contributed by atoms with E-state index in [1.54, 1.807) is 6.92 Å². The van der Waals surface area contributed by atoms with E-state index in [1.807, 2.05) is 31.2 Å². The molecule has 36 heavy (non-hydrogen) atoms. The minimum Gasteiger partial charge on any atom is -0.494 e. The molecule has 0 saturated carbocycles. The number of hydrogen-bond donors (Lipinski definition) is 2. The second-order valence-electron chi connectivity index (χ2n) is 9.17. The standard InChI is InChI=1S/C28H36N4O4/c1-5-35-24-10-8-7-9-21(24)26-25(27(33)36-6-2)22(29-28(34)30-26)18-31-13-15-32(16-14-31)23-17-19(3)11-12-20(23)4/h7-12,17,26H,5-6,13-16,18H2,1-4H3,(H2,29,30,34)/t26-/m1/s1. The number of esters is 1. The Morgan fingerprint density at radius 2 is 1.78 bits per heavy atom. The van der Waals surface area contributed by atoms with E-state index in [2.05, 4.69) is 52.5 Å². The quantitative estimate of drug-likeness (QED) is 0.547. The van der Waals surface area contributed by atoms with E-state index in [0.29, 0.717) is 30.2 Å². The average Bonchev–Trinajstić information content (AvgIpc) is 2.86. The molecule has 2 N–H and O–H groups in total. The second kappa shape index (κ2) is 11.5. The molecule has 0 unspecified atom stereocenters. The SMILES string of the molecule is CCOC(=O)C1=C(CN2CCN(c3cc(C)ccc3C)CC2)NC(=O)N[C@@H]1c1ccccc1OCC. The van der Waals surface area contributed by atoms with E-state index < -0.39 is 12.0 Å². The normalized spacial score (nSPS) is 18.5. The first kappa shape index (κ1) is 25.6. The Morgan fingerprint density at radius 3 is 2.50 bits per heavy atom. The summed E-state index contributed by atoms with van der Waals surface area (Å²) in [5, 5.41) is 5.81. The van der Waals surface area contributed by atoms with Gasteiger partial charge in [-0.05, 0) is 51.0 Å². The van der Waals surface area contributed by atoms with Gasteiger partial charge in [0.15, 0.2) is 0 Å². The molecule has 1 saturated heterocycles. The van der Waals surface area contributed by atoms with Crippen molar-refractivity contribution in [3.8, 4) is 5.75 Å². The van der Waals surface area contributed by atoms with Gasteiger partial charge in [0, 0.05) is 49.7 Å². The lowest BCUT2D eigenvalue weighted by atomic mass is 9.94. The fourth-order valence-corrected chi connectivity index (χ4v) is 4.86. The number of nitrogens with zero attached hydrogens (tertiary/aromatic N) is 2. The molecule has 1 fully saturated rings. The molecule has 8 heteroatoms. The third kappa shape index (κ3) is 5.65. The molecule has 0 aliphatic carbocycles. The molecule has 2 amide bonds. The minimum atomic E-state index is -0.660. The Kier molecular flexibility index (Phi) is 8.15. The van der Waals surface area contributed by atoms with Crippen molar-refractivity contribution < 1.29 is 19.1 Å². The lowest BCUT2D eigenvalue weighted by Gasteiger charge is -2.38. The summed E-state index contributed by atoms with van der Waals surface area (Å²) in [6, 6.07) is 13.0. The highest BCUT2D eigenvalue weighted by atomic mass is 16.5. The van der Waals surface area contributed by atoms with Crippen LogP contribution in [0.15, 0.2) is 53.7 Å². The molecule has 0 aromatic heterocycles. The number of hydrogen-bond acceptors (Lipinski definition) is 6. The zero-order valence-corrected chi connectivity index (χ0v) is 21.6. The molecule has 4 rings (SSSR count). The first-order valence-corrected chi connectivity index (χ1v) is 12.6. The lowest BCUT2D eigenvalue weighted by Crippen LogP contribution is -2.52. The second-order valence-corrected chi connectivity index (χ2v) is 9.17. The van der Waals surface area contributed by atoms with Gasteiger partial charge in [-0.2, -0.15) is 0 Å². The third-order valence-corrected chi connectivity index (χ3v) is 6.64. The van der Waals surface area contributed by atoms with Crippen molar-refractivity contribution in [1.29, 1.82) is 0 Å². The smallest absolute Gasteiger partial charge is 0.338 e. The molecule has 2 aromatic rings. The third-order valence-electron chi connectivity index (χ3n) is 6.64. The van der Waals surface area contributed by atoms with Crippen molar-refractivity contribution in [2.45, 2.75) is 33.7 Å². The summed E-state index contributed by atoms with van der Waals surface area (Å²) in [7, 11) is 0. The van der Waals surface area contributed by atoms with Gasteiger partial charge in [0.1, 0.15) is 5.75 Å². The maximum Gasteiger partial charge on any atom is 0.338 e. The summed E-state index contributed by atoms with van der Waals surface area (Å²) >= 11 is 0. The lowest BCUT2D eigenvalue weighted by molar-refractivity contribution is -0.139. The summed E-state index contributed by atoms with van der Waals surface area (Å²) < 4.78 is 11.2. The van der Waals surface area contributed by atoms with Crippen LogP contribution in [0.5, 0.6) is 5.75 Å². The molecule has 2 heterocycles. The number of urea groups is 1. The maximum absolute atomic E-state index is 13.2. The number of para-hydroxylation sites is 1. The highest BCUT2D eigenvalue weighted by Crippen LogP contribution is 2.34. The minimum absolute atomic E-state index is 0.248. The molecule has 0 radical (unpaired) electrons. The van der Waals surface area contributed by atoms with E-state index in [1.165, 1.54) is 16.8 Å². The van der Waals surface area contributed by atoms with Crippen molar-refractivity contribution in [1.82, 2.24) is 15.5 Å². The summed E-state index contributed by atoms with van der Waals surface area (Å²) in [6.07, 6.45) is 0. The van der Waals surface area contributed by atoms with Crippen LogP contribution in [0, 0.1) is 13.8 Å². The summed E-state index contributed by atoms with van der Waals surface area (Å²) in [5.41, 5.74) is 5.51. The first-order valence-electron chi connectivity index (χ1n) is 12.6. The topological polar surface area (TPSA) is 83.1 Å². The van der Waals surface area contributed by atoms with E-state index in [4.69, 9.17) is 9.47 Å². The molecule has 0 spiro atoms. The van der Waals surface area contributed by atoms with Crippen molar-refractivity contribution in [3.05, 3.63) is 70.4 Å². The molecule has 192 valence electrons. The van der Waals surface area contributed by atoms with Crippen LogP contribution in [0.1, 0.15) is 36.6 Å². The van der Waals surface area contributed by atoms with Crippen molar-refractivity contribution in [2.24, 2.45) is 0 Å². The molecular weight excluding hydrogens is 456 g/mol. The van der Waals surface area contributed by atoms with Crippen LogP contribution in [0.3, 0.4) is 0 Å². The van der Waals surface area contributed by atoms with Gasteiger partial charge in [-0.3, -0.25) is 4.90 Å². The van der Waals surface area contributed by atoms with E-state index in [9.17, 15) is 9.59 Å². The predicted molar refractivity (Wildman–Crippen MR) is 140 cm³/mol. The van der Waals surface area contributed by atoms with E-state index in [0.717, 1.165) is 31.7 Å². The van der Waals surface area contributed by atoms with Crippen LogP contribution in [-0.2, 0) is 9.53 Å². The monoisotopic (exact) mass is 492 g/mol. The van der Waals surface area contributed by atoms with Crippen LogP contribution in [-0.4, -0.2) is 62.8 Å². The number of carbonyl (C=O) groups excluding carboxylic acids is 2. The molecule has 2 aliphatic heterocycles. The van der Waals surface area contributed by atoms with Gasteiger partial charge < -0.3 is 25.0 Å². The van der Waals surface area contributed by atoms with Gasteiger partial charge in [-0.15, -0.1) is 0 Å². The van der Waals surface area contributed by atoms with Crippen molar-refractivity contribution in [2.75, 3.05) is 50.8 Å². The highest BCUT2D eigenvalue weighted by molar-refractivity contribution is 5.95. The number of piperazine rings is 1. The first-order chi connectivity index (χ1) is 17.4. The van der Waals surface area contributed by atoms with Gasteiger partial charge >= 0.3 is 12.0 Å². The Balaban J connectivity index is 1.59. The molecule has 2 aliphatic rings. The Hall–Kier alpha value is -3.52. The van der Waals surface area contributed by atoms with Gasteiger partial charge in [0.2, 0.25) is 0 Å². The van der Waals surface area contributed by atoms with Crippen LogP contribution >= 0.6 is 0 Å². The zero-order valence-electron chi connectivity index (χ0n) is 21.6. The van der Waals surface area contributed by atoms with E-state index >= 15 is 0 Å². The van der Waals surface area contributed by atoms with Crippen LogP contribution in [0.2, 0.25) is 0 Å². The molecule has 0 bridgehead atoms. The van der Waals surface area contributed by atoms with Gasteiger partial charge in [0.05, 0.1) is 24.8 Å². The highest BCUT2D eigenvalue weighted by Gasteiger charge is 2.36. The van der Waals surface area contributed by atoms with Crippen molar-refractivity contribution in [3.63, 3.8) is 0 Å². The van der Waals surface area contributed by atoms with Gasteiger partial charge in [-0.25, -0.2) is 9.59 Å². The summed E-state index contributed by atoms with van der Waals surface area (Å²) in [4.78, 5) is 30.6. The van der Waals surface area contributed by atoms with E-state index in [-0.39, 0.29) is 12.6 Å². The number of anilines is 1. The van der Waals surface area contributed by atoms with Crippen molar-refractivity contribution >= 4 is 17.7 Å². The molecular formula is C28H36N4O4. The van der Waals surface area contributed by atoms with Crippen LogP contribution in [0.4, 0.5) is 10.5 Å². The Labute approximate surface area is 213 Å². The Bertz CT molecular complexity index is 1140. The number of amides is 2. The van der Waals surface area contributed by atoms with Crippen LogP contribution in [0.25, 0.3) is 0 Å². The number of ether oxygens (including phenoxy) is 2. The van der Waals surface area contributed by atoms with Crippen LogP contribution < -0.4 is 20.3 Å². The number of benzene rings is 2. The molecule has 2 aromatic carbocycles. The average molecular weight is 493 g/mol. The largest absolute Gasteiger partial charge is 0.494 e. The summed E-state index contributed by atoms with van der Waals surface area (Å²) in [5.74, 6) is 0.195. The maximum atomic E-state index is 13.2. The fraction of sp³-hybridized carbons (Fsp3) is 0.429. The van der Waals surface area contributed by atoms with Gasteiger partial charge in [-0.1, -0.05) is 30.3 Å². The number of rotatable bonds is 8. The number of carbonyl (C=O) groups is 2. The fourth-order valence-electron chi connectivity index (χ4n) is 4.86. The molecule has 8 nitrogen and oxygen atoms in total. The molecule has 1 atom stereocenters. The predicted octanol–water partition coefficient (Wildman–Crippen LogP) is 3.70. The number of nitrogens with one attached hydrogen (secondary N) is 2. The Morgan fingerprint density at radius 1 is 1.03 bits per heavy atom. The number of aryl methyl sites for hydroxylation is 2.